The van der Waals surface area contributed by atoms with Crippen molar-refractivity contribution in [2.45, 2.75) is 65.6 Å². The second-order valence-electron chi connectivity index (χ2n) is 7.94. The number of benzene rings is 1. The number of nitrogens with zero attached hydrogens (tertiary/aromatic N) is 1. The predicted octanol–water partition coefficient (Wildman–Crippen LogP) is 2.86. The molecule has 0 unspecified atom stereocenters. The number of carbonyl (C=O) groups excluding carboxylic acids is 2. The Kier molecular flexibility index (Phi) is 9.25. The lowest BCUT2D eigenvalue weighted by Gasteiger charge is -2.22. The van der Waals surface area contributed by atoms with Gasteiger partial charge in [-0.3, -0.25) is 4.79 Å². The van der Waals surface area contributed by atoms with E-state index in [0.29, 0.717) is 45.7 Å². The van der Waals surface area contributed by atoms with E-state index in [0.717, 1.165) is 23.3 Å². The van der Waals surface area contributed by atoms with Crippen LogP contribution in [0, 0.1) is 0 Å². The molecule has 1 aliphatic rings. The first-order valence-corrected chi connectivity index (χ1v) is 10.5. The van der Waals surface area contributed by atoms with E-state index >= 15 is 0 Å². The van der Waals surface area contributed by atoms with Crippen LogP contribution in [0.5, 0.6) is 5.75 Å². The average molecular weight is 406 g/mol. The Morgan fingerprint density at radius 3 is 2.76 bits per heavy atom. The second kappa shape index (κ2) is 11.7. The van der Waals surface area contributed by atoms with Gasteiger partial charge in [0.1, 0.15) is 12.4 Å². The zero-order valence-electron chi connectivity index (χ0n) is 18.1. The van der Waals surface area contributed by atoms with Crippen molar-refractivity contribution in [1.82, 2.24) is 15.5 Å². The molecular formula is C22H35N3O4. The lowest BCUT2D eigenvalue weighted by Crippen LogP contribution is -2.43. The van der Waals surface area contributed by atoms with Crippen LogP contribution in [-0.4, -0.2) is 55.3 Å². The molecule has 2 rings (SSSR count). The summed E-state index contributed by atoms with van der Waals surface area (Å²) in [6, 6.07) is 5.98. The third-order valence-corrected chi connectivity index (χ3v) is 4.54. The summed E-state index contributed by atoms with van der Waals surface area (Å²) in [5, 5.41) is 5.86. The van der Waals surface area contributed by atoms with Crippen molar-refractivity contribution in [1.29, 1.82) is 0 Å². The Labute approximate surface area is 174 Å². The van der Waals surface area contributed by atoms with Crippen LogP contribution in [0.4, 0.5) is 4.79 Å². The predicted molar refractivity (Wildman–Crippen MR) is 113 cm³/mol. The minimum Gasteiger partial charge on any atom is -0.491 e. The quantitative estimate of drug-likeness (QED) is 0.619. The van der Waals surface area contributed by atoms with Crippen molar-refractivity contribution in [2.24, 2.45) is 0 Å². The Morgan fingerprint density at radius 2 is 2.03 bits per heavy atom. The molecule has 7 nitrogen and oxygen atoms in total. The van der Waals surface area contributed by atoms with Crippen LogP contribution in [-0.2, 0) is 22.5 Å². The average Bonchev–Trinajstić information content (AvgIpc) is 2.87. The van der Waals surface area contributed by atoms with E-state index in [1.54, 1.807) is 4.90 Å². The maximum Gasteiger partial charge on any atom is 0.318 e. The Morgan fingerprint density at radius 1 is 1.24 bits per heavy atom. The summed E-state index contributed by atoms with van der Waals surface area (Å²) < 4.78 is 11.3. The molecule has 162 valence electrons. The first-order valence-electron chi connectivity index (χ1n) is 10.5. The number of urea groups is 1. The summed E-state index contributed by atoms with van der Waals surface area (Å²) >= 11 is 0. The van der Waals surface area contributed by atoms with Crippen molar-refractivity contribution < 1.29 is 19.1 Å². The van der Waals surface area contributed by atoms with Crippen LogP contribution in [0.2, 0.25) is 0 Å². The minimum absolute atomic E-state index is 0.0404. The molecule has 0 spiro atoms. The molecule has 0 aromatic heterocycles. The normalized spacial score (nSPS) is 13.7. The third-order valence-electron chi connectivity index (χ3n) is 4.54. The van der Waals surface area contributed by atoms with Crippen molar-refractivity contribution in [2.75, 3.05) is 26.3 Å². The lowest BCUT2D eigenvalue weighted by atomic mass is 10.0. The van der Waals surface area contributed by atoms with Crippen LogP contribution in [0.1, 0.15) is 51.7 Å². The summed E-state index contributed by atoms with van der Waals surface area (Å²) in [4.78, 5) is 26.2. The minimum atomic E-state index is -0.0809. The van der Waals surface area contributed by atoms with Gasteiger partial charge < -0.3 is 25.0 Å². The fraction of sp³-hybridized carbons (Fsp3) is 0.636. The van der Waals surface area contributed by atoms with Gasteiger partial charge in [0, 0.05) is 31.2 Å². The summed E-state index contributed by atoms with van der Waals surface area (Å²) in [5.74, 6) is 0.849. The van der Waals surface area contributed by atoms with Crippen LogP contribution in [0.25, 0.3) is 0 Å². The number of hydrogen-bond donors (Lipinski definition) is 2. The molecule has 1 aromatic carbocycles. The number of rotatable bonds is 9. The molecule has 1 aliphatic heterocycles. The fourth-order valence-corrected chi connectivity index (χ4v) is 3.08. The molecule has 1 aromatic rings. The molecule has 0 bridgehead atoms. The number of hydrogen-bond acceptors (Lipinski definition) is 4. The highest BCUT2D eigenvalue weighted by molar-refractivity contribution is 5.76. The van der Waals surface area contributed by atoms with E-state index < -0.39 is 0 Å². The Hall–Kier alpha value is -2.28. The molecule has 0 saturated carbocycles. The summed E-state index contributed by atoms with van der Waals surface area (Å²) in [7, 11) is 0. The zero-order valence-corrected chi connectivity index (χ0v) is 18.1. The highest BCUT2D eigenvalue weighted by Gasteiger charge is 2.20. The first kappa shape index (κ1) is 23.0. The first-order chi connectivity index (χ1) is 13.8. The summed E-state index contributed by atoms with van der Waals surface area (Å²) in [6.45, 7) is 10.7. The lowest BCUT2D eigenvalue weighted by molar-refractivity contribution is -0.121. The molecule has 0 saturated heterocycles. The van der Waals surface area contributed by atoms with Gasteiger partial charge in [0.05, 0.1) is 19.2 Å². The number of nitrogens with one attached hydrogen (secondary N) is 2. The van der Waals surface area contributed by atoms with Gasteiger partial charge in [-0.2, -0.15) is 0 Å². The highest BCUT2D eigenvalue weighted by Crippen LogP contribution is 2.25. The van der Waals surface area contributed by atoms with E-state index in [-0.39, 0.29) is 24.1 Å². The summed E-state index contributed by atoms with van der Waals surface area (Å²) in [5.41, 5.74) is 2.04. The number of amides is 3. The molecule has 0 fully saturated rings. The Balaban J connectivity index is 1.84. The van der Waals surface area contributed by atoms with Crippen LogP contribution >= 0.6 is 0 Å². The maximum absolute atomic E-state index is 12.4. The molecule has 29 heavy (non-hydrogen) atoms. The highest BCUT2D eigenvalue weighted by atomic mass is 16.5. The van der Waals surface area contributed by atoms with Gasteiger partial charge in [0.2, 0.25) is 5.91 Å². The maximum atomic E-state index is 12.4. The van der Waals surface area contributed by atoms with E-state index in [1.165, 1.54) is 0 Å². The van der Waals surface area contributed by atoms with Gasteiger partial charge in [-0.15, -0.1) is 0 Å². The largest absolute Gasteiger partial charge is 0.491 e. The van der Waals surface area contributed by atoms with E-state index in [1.807, 2.05) is 45.9 Å². The second-order valence-corrected chi connectivity index (χ2v) is 7.94. The summed E-state index contributed by atoms with van der Waals surface area (Å²) in [6.07, 6.45) is 2.12. The molecule has 2 N–H and O–H groups in total. The number of carbonyl (C=O) groups is 2. The molecular weight excluding hydrogens is 370 g/mol. The van der Waals surface area contributed by atoms with Gasteiger partial charge in [-0.25, -0.2) is 4.79 Å². The monoisotopic (exact) mass is 405 g/mol. The van der Waals surface area contributed by atoms with E-state index in [9.17, 15) is 9.59 Å². The van der Waals surface area contributed by atoms with Crippen LogP contribution < -0.4 is 15.4 Å². The van der Waals surface area contributed by atoms with Gasteiger partial charge in [-0.05, 0) is 52.2 Å². The van der Waals surface area contributed by atoms with Crippen LogP contribution in [0.3, 0.4) is 0 Å². The molecule has 1 heterocycles. The number of ether oxygens (including phenoxy) is 2. The van der Waals surface area contributed by atoms with E-state index in [4.69, 9.17) is 9.47 Å². The van der Waals surface area contributed by atoms with Gasteiger partial charge in [0.25, 0.3) is 0 Å². The number of fused-ring (bicyclic) bond motifs is 1. The van der Waals surface area contributed by atoms with Gasteiger partial charge >= 0.3 is 6.03 Å². The molecule has 0 radical (unpaired) electrons. The van der Waals surface area contributed by atoms with Crippen molar-refractivity contribution in [3.05, 3.63) is 29.3 Å². The molecule has 3 amide bonds. The van der Waals surface area contributed by atoms with Crippen molar-refractivity contribution in [3.8, 4) is 5.75 Å². The van der Waals surface area contributed by atoms with Crippen molar-refractivity contribution >= 4 is 11.9 Å². The van der Waals surface area contributed by atoms with Gasteiger partial charge in [0.15, 0.2) is 0 Å². The fourth-order valence-electron chi connectivity index (χ4n) is 3.08. The topological polar surface area (TPSA) is 79.9 Å². The van der Waals surface area contributed by atoms with E-state index in [2.05, 4.69) is 10.6 Å². The van der Waals surface area contributed by atoms with Crippen molar-refractivity contribution in [3.63, 3.8) is 0 Å². The third kappa shape index (κ3) is 8.31. The SMILES string of the molecule is CC(C)NC(=O)N1CCOc2ccc(CCC(=O)NCCCOC(C)C)cc2C1. The zero-order chi connectivity index (χ0) is 21.2. The molecule has 7 heteroatoms. The number of aryl methyl sites for hydroxylation is 1. The smallest absolute Gasteiger partial charge is 0.318 e. The molecule has 0 atom stereocenters. The standard InChI is InChI=1S/C22H35N3O4/c1-16(2)24-22(27)25-11-13-29-20-8-6-18(14-19(20)15-25)7-9-21(26)23-10-5-12-28-17(3)4/h6,8,14,16-17H,5,7,9-13,15H2,1-4H3,(H,23,26)(H,24,27). The Bertz CT molecular complexity index is 676. The van der Waals surface area contributed by atoms with Gasteiger partial charge in [-0.1, -0.05) is 12.1 Å². The molecule has 0 aliphatic carbocycles. The van der Waals surface area contributed by atoms with Crippen LogP contribution in [0.15, 0.2) is 18.2 Å².